The molecule has 11 heteroatoms. The van der Waals surface area contributed by atoms with Gasteiger partial charge in [0.2, 0.25) is 0 Å². The summed E-state index contributed by atoms with van der Waals surface area (Å²) in [5, 5.41) is 5.16. The molecule has 252 valence electrons. The second kappa shape index (κ2) is 13.4. The summed E-state index contributed by atoms with van der Waals surface area (Å²) in [6, 6.07) is 0. The van der Waals surface area contributed by atoms with E-state index >= 15 is 0 Å². The van der Waals surface area contributed by atoms with Gasteiger partial charge in [-0.05, 0) is 74.1 Å². The lowest BCUT2D eigenvalue weighted by atomic mass is 9.85. The van der Waals surface area contributed by atoms with Crippen molar-refractivity contribution in [3.05, 3.63) is 84.8 Å². The van der Waals surface area contributed by atoms with Gasteiger partial charge in [0.25, 0.3) is 5.78 Å². The maximum absolute atomic E-state index is 14.1. The Hall–Kier alpha value is -5.32. The van der Waals surface area contributed by atoms with E-state index in [4.69, 9.17) is 14.2 Å². The molecule has 0 amide bonds. The first-order valence-electron chi connectivity index (χ1n) is 15.9. The van der Waals surface area contributed by atoms with Gasteiger partial charge in [0, 0.05) is 63.0 Å². The molecule has 5 heterocycles. The Morgan fingerprint density at radius 2 is 1.54 bits per heavy atom. The van der Waals surface area contributed by atoms with Crippen molar-refractivity contribution < 1.29 is 33.4 Å². The molecule has 5 rings (SSSR count). The van der Waals surface area contributed by atoms with E-state index in [1.807, 2.05) is 32.1 Å². The highest BCUT2D eigenvalue weighted by Gasteiger charge is 2.40. The number of esters is 3. The molecule has 0 radical (unpaired) electrons. The molecule has 2 atom stereocenters. The SMILES string of the molecule is C=Cc1c2[nH]c(c1C)C=C1NC(=C(C(=O)C(=O)OC)c3[nH]c(c(C)c3C(=O)OC)C=c3[nH]c(c(C)c3CC)=C2)[C@@H](CCC(=O)OC)[C@@H]1C. The number of H-pyrrole nitrogens is 3. The zero-order chi connectivity index (χ0) is 35.0. The van der Waals surface area contributed by atoms with Crippen LogP contribution in [-0.4, -0.2) is 60.0 Å². The van der Waals surface area contributed by atoms with Gasteiger partial charge < -0.3 is 34.5 Å². The van der Waals surface area contributed by atoms with Crippen LogP contribution in [0.2, 0.25) is 0 Å². The number of aromatic amines is 3. The van der Waals surface area contributed by atoms with Crippen LogP contribution >= 0.6 is 0 Å². The first-order valence-corrected chi connectivity index (χ1v) is 15.9. The number of rotatable bonds is 8. The fourth-order valence-corrected chi connectivity index (χ4v) is 6.90. The van der Waals surface area contributed by atoms with Crippen LogP contribution in [0.4, 0.5) is 0 Å². The lowest BCUT2D eigenvalue weighted by molar-refractivity contribution is -0.149. The predicted octanol–water partition coefficient (Wildman–Crippen LogP) is 3.86. The minimum atomic E-state index is -1.10. The fourth-order valence-electron chi connectivity index (χ4n) is 6.90. The number of carbonyl (C=O) groups excluding carboxylic acids is 4. The quantitative estimate of drug-likeness (QED) is 0.162. The van der Waals surface area contributed by atoms with Crippen molar-refractivity contribution in [2.75, 3.05) is 21.3 Å². The first-order chi connectivity index (χ1) is 22.9. The summed E-state index contributed by atoms with van der Waals surface area (Å²) in [7, 11) is 3.71. The number of ether oxygens (including phenoxy) is 3. The van der Waals surface area contributed by atoms with Crippen molar-refractivity contribution in [2.24, 2.45) is 11.8 Å². The molecule has 3 aromatic rings. The molecule has 0 aliphatic carbocycles. The Labute approximate surface area is 278 Å². The predicted molar refractivity (Wildman–Crippen MR) is 183 cm³/mol. The van der Waals surface area contributed by atoms with E-state index in [0.717, 1.165) is 63.6 Å². The van der Waals surface area contributed by atoms with E-state index in [-0.39, 0.29) is 29.2 Å². The van der Waals surface area contributed by atoms with Gasteiger partial charge in [0.15, 0.2) is 0 Å². The third-order valence-corrected chi connectivity index (χ3v) is 9.68. The summed E-state index contributed by atoms with van der Waals surface area (Å²) in [6.07, 6.45) is 8.84. The number of hydrogen-bond acceptors (Lipinski definition) is 8. The minimum Gasteiger partial charge on any atom is -0.469 e. The van der Waals surface area contributed by atoms with E-state index in [0.29, 0.717) is 23.4 Å². The highest BCUT2D eigenvalue weighted by Crippen LogP contribution is 2.42. The fraction of sp³-hybridized carbons (Fsp3) is 0.351. The third-order valence-electron chi connectivity index (χ3n) is 9.68. The van der Waals surface area contributed by atoms with Crippen molar-refractivity contribution >= 4 is 53.6 Å². The zero-order valence-electron chi connectivity index (χ0n) is 28.7. The van der Waals surface area contributed by atoms with Crippen LogP contribution in [0.3, 0.4) is 0 Å². The van der Waals surface area contributed by atoms with Crippen LogP contribution < -0.4 is 16.0 Å². The molecule has 0 spiro atoms. The number of ketones is 1. The van der Waals surface area contributed by atoms with Crippen molar-refractivity contribution in [1.29, 1.82) is 0 Å². The molecular weight excluding hydrogens is 612 g/mol. The molecule has 11 nitrogen and oxygen atoms in total. The van der Waals surface area contributed by atoms with Gasteiger partial charge in [-0.1, -0.05) is 26.5 Å². The van der Waals surface area contributed by atoms with Crippen LogP contribution in [0.5, 0.6) is 0 Å². The first kappa shape index (κ1) is 34.0. The van der Waals surface area contributed by atoms with Crippen molar-refractivity contribution in [1.82, 2.24) is 20.3 Å². The number of allylic oxidation sites excluding steroid dienone is 2. The van der Waals surface area contributed by atoms with E-state index < -0.39 is 29.6 Å². The maximum atomic E-state index is 14.1. The van der Waals surface area contributed by atoms with Crippen molar-refractivity contribution in [3.63, 3.8) is 0 Å². The van der Waals surface area contributed by atoms with Gasteiger partial charge in [-0.2, -0.15) is 0 Å². The van der Waals surface area contributed by atoms with Gasteiger partial charge in [0.05, 0.1) is 38.2 Å². The molecule has 0 aromatic carbocycles. The minimum absolute atomic E-state index is 0.0611. The summed E-state index contributed by atoms with van der Waals surface area (Å²) >= 11 is 0. The highest BCUT2D eigenvalue weighted by molar-refractivity contribution is 6.52. The van der Waals surface area contributed by atoms with Gasteiger partial charge in [-0.25, -0.2) is 9.59 Å². The number of nitrogens with one attached hydrogen (secondary N) is 4. The van der Waals surface area contributed by atoms with Crippen LogP contribution in [-0.2, 0) is 35.0 Å². The Bertz CT molecular complexity index is 2050. The number of fused-ring (bicyclic) bond motifs is 8. The largest absolute Gasteiger partial charge is 0.469 e. The van der Waals surface area contributed by atoms with E-state index in [1.54, 1.807) is 6.92 Å². The topological polar surface area (TPSA) is 155 Å². The number of aromatic nitrogens is 3. The number of Topliss-reactive ketones (excluding diaryl/α,β-unsaturated/α-hetero) is 1. The van der Waals surface area contributed by atoms with E-state index in [2.05, 4.69) is 46.8 Å². The normalized spacial score (nSPS) is 16.7. The van der Waals surface area contributed by atoms with Gasteiger partial charge >= 0.3 is 17.9 Å². The average molecular weight is 655 g/mol. The second-order valence-electron chi connectivity index (χ2n) is 12.1. The Kier molecular flexibility index (Phi) is 9.52. The van der Waals surface area contributed by atoms with Crippen molar-refractivity contribution in [3.8, 4) is 0 Å². The monoisotopic (exact) mass is 654 g/mol. The van der Waals surface area contributed by atoms with Gasteiger partial charge in [-0.3, -0.25) is 9.59 Å². The Balaban J connectivity index is 1.97. The zero-order valence-corrected chi connectivity index (χ0v) is 28.7. The molecule has 3 aromatic heterocycles. The molecule has 8 bridgehead atoms. The third kappa shape index (κ3) is 5.74. The summed E-state index contributed by atoms with van der Waals surface area (Å²) < 4.78 is 15.1. The van der Waals surface area contributed by atoms with Crippen LogP contribution in [0.1, 0.15) is 87.6 Å². The Morgan fingerprint density at radius 3 is 2.17 bits per heavy atom. The van der Waals surface area contributed by atoms with Crippen LogP contribution in [0.15, 0.2) is 18.0 Å². The highest BCUT2D eigenvalue weighted by atomic mass is 16.5. The summed E-state index contributed by atoms with van der Waals surface area (Å²) in [4.78, 5) is 63.3. The van der Waals surface area contributed by atoms with Crippen LogP contribution in [0, 0.1) is 32.6 Å². The summed E-state index contributed by atoms with van der Waals surface area (Å²) in [6.45, 7) is 14.0. The number of carbonyl (C=O) groups is 4. The maximum Gasteiger partial charge on any atom is 0.379 e. The number of hydrogen-bond donors (Lipinski definition) is 4. The smallest absolute Gasteiger partial charge is 0.379 e. The molecule has 2 aliphatic rings. The van der Waals surface area contributed by atoms with Crippen LogP contribution in [0.25, 0.3) is 29.9 Å². The van der Waals surface area contributed by atoms with Crippen molar-refractivity contribution in [2.45, 2.75) is 53.9 Å². The van der Waals surface area contributed by atoms with Gasteiger partial charge in [-0.15, -0.1) is 0 Å². The lowest BCUT2D eigenvalue weighted by Gasteiger charge is -2.18. The molecule has 1 fully saturated rings. The molecule has 48 heavy (non-hydrogen) atoms. The molecule has 1 saturated heterocycles. The molecule has 2 aliphatic heterocycles. The second-order valence-corrected chi connectivity index (χ2v) is 12.1. The van der Waals surface area contributed by atoms with E-state index in [9.17, 15) is 19.2 Å². The number of methoxy groups -OCH3 is 3. The van der Waals surface area contributed by atoms with Gasteiger partial charge in [0.1, 0.15) is 0 Å². The molecule has 0 saturated carbocycles. The Morgan fingerprint density at radius 1 is 0.854 bits per heavy atom. The average Bonchev–Trinajstić information content (AvgIpc) is 3.75. The molecular formula is C37H42N4O7. The lowest BCUT2D eigenvalue weighted by Crippen LogP contribution is -2.24. The summed E-state index contributed by atoms with van der Waals surface area (Å²) in [5.41, 5.74) is 8.13. The standard InChI is InChI=1S/C37H42N4O7/c1-10-21-17(3)24-14-26-19(5)23(12-13-30(42)46-7)33(40-26)32(35(43)37(45)48-9)34-31(36(44)47-8)20(6)27(41-34)16-29-22(11-2)18(4)25(39-29)15-28(21)38-24/h10,14-16,19,23,38-41H,1,11-13H2,2-9H3/t19-,23-/m0/s1. The molecule has 0 unspecified atom stereocenters. The van der Waals surface area contributed by atoms with E-state index in [1.165, 1.54) is 14.2 Å². The summed E-state index contributed by atoms with van der Waals surface area (Å²) in [5.74, 6) is -3.84. The molecule has 4 N–H and O–H groups in total.